The normalized spacial score (nSPS) is 11.2. The molecule has 0 aliphatic carbocycles. The molecule has 7 heteroatoms. The van der Waals surface area contributed by atoms with Gasteiger partial charge in [-0.05, 0) is 56.9 Å². The van der Waals surface area contributed by atoms with E-state index in [0.717, 1.165) is 22.1 Å². The van der Waals surface area contributed by atoms with E-state index in [1.165, 1.54) is 22.5 Å². The van der Waals surface area contributed by atoms with Crippen molar-refractivity contribution >= 4 is 17.2 Å². The van der Waals surface area contributed by atoms with E-state index in [1.807, 2.05) is 24.6 Å². The summed E-state index contributed by atoms with van der Waals surface area (Å²) in [6.07, 6.45) is 0. The highest BCUT2D eigenvalue weighted by atomic mass is 32.1. The van der Waals surface area contributed by atoms with E-state index in [2.05, 4.69) is 60.4 Å². The fourth-order valence-electron chi connectivity index (χ4n) is 2.71. The Morgan fingerprint density at radius 2 is 1.93 bits per heavy atom. The first kappa shape index (κ1) is 19.2. The predicted octanol–water partition coefficient (Wildman–Crippen LogP) is 4.01. The first-order chi connectivity index (χ1) is 12.8. The Balaban J connectivity index is 1.92. The molecule has 27 heavy (non-hydrogen) atoms. The van der Waals surface area contributed by atoms with Gasteiger partial charge in [0.05, 0.1) is 17.1 Å². The SMILES string of the molecule is Cc1ccc(-n2nnc(-c3nc(C)c(C(=O)NCC(C)C)s3)c2C)cc1C. The molecule has 1 aromatic carbocycles. The van der Waals surface area contributed by atoms with E-state index < -0.39 is 0 Å². The summed E-state index contributed by atoms with van der Waals surface area (Å²) in [5, 5.41) is 12.3. The highest BCUT2D eigenvalue weighted by molar-refractivity contribution is 7.17. The number of carbonyl (C=O) groups is 1. The highest BCUT2D eigenvalue weighted by Gasteiger charge is 2.20. The van der Waals surface area contributed by atoms with Gasteiger partial charge in [-0.1, -0.05) is 25.1 Å². The second-order valence-corrected chi connectivity index (χ2v) is 8.24. The van der Waals surface area contributed by atoms with Crippen molar-refractivity contribution in [2.24, 2.45) is 5.92 Å². The average Bonchev–Trinajstić information content (AvgIpc) is 3.18. The van der Waals surface area contributed by atoms with Crippen molar-refractivity contribution in [3.8, 4) is 16.4 Å². The van der Waals surface area contributed by atoms with E-state index in [1.54, 1.807) is 0 Å². The molecular formula is C20H25N5OS. The van der Waals surface area contributed by atoms with Crippen molar-refractivity contribution < 1.29 is 4.79 Å². The van der Waals surface area contributed by atoms with Crippen molar-refractivity contribution in [3.05, 3.63) is 45.6 Å². The predicted molar refractivity (Wildman–Crippen MR) is 109 cm³/mol. The zero-order valence-corrected chi connectivity index (χ0v) is 17.4. The summed E-state index contributed by atoms with van der Waals surface area (Å²) in [5.41, 5.74) is 5.75. The molecule has 0 aliphatic rings. The van der Waals surface area contributed by atoms with Gasteiger partial charge in [0.25, 0.3) is 5.91 Å². The molecule has 0 bridgehead atoms. The smallest absolute Gasteiger partial charge is 0.263 e. The van der Waals surface area contributed by atoms with E-state index in [4.69, 9.17) is 0 Å². The number of amides is 1. The summed E-state index contributed by atoms with van der Waals surface area (Å²) >= 11 is 1.36. The number of thiazole rings is 1. The lowest BCUT2D eigenvalue weighted by Crippen LogP contribution is -2.27. The van der Waals surface area contributed by atoms with E-state index in [0.29, 0.717) is 23.0 Å². The molecule has 6 nitrogen and oxygen atoms in total. The summed E-state index contributed by atoms with van der Waals surface area (Å²) < 4.78 is 1.82. The molecule has 0 unspecified atom stereocenters. The molecule has 1 amide bonds. The second kappa shape index (κ2) is 7.60. The molecule has 142 valence electrons. The van der Waals surface area contributed by atoms with Crippen LogP contribution in [0.4, 0.5) is 0 Å². The summed E-state index contributed by atoms with van der Waals surface area (Å²) in [4.78, 5) is 17.6. The molecule has 0 aliphatic heterocycles. The molecule has 3 aromatic rings. The largest absolute Gasteiger partial charge is 0.351 e. The minimum Gasteiger partial charge on any atom is -0.351 e. The number of rotatable bonds is 5. The lowest BCUT2D eigenvalue weighted by Gasteiger charge is -2.06. The third-order valence-electron chi connectivity index (χ3n) is 4.51. The number of hydrogen-bond acceptors (Lipinski definition) is 5. The van der Waals surface area contributed by atoms with Crippen LogP contribution in [0.15, 0.2) is 18.2 Å². The average molecular weight is 384 g/mol. The third-order valence-corrected chi connectivity index (χ3v) is 5.67. The van der Waals surface area contributed by atoms with Gasteiger partial charge in [0.15, 0.2) is 0 Å². The Morgan fingerprint density at radius 3 is 2.59 bits per heavy atom. The van der Waals surface area contributed by atoms with Crippen LogP contribution in [0.1, 0.15) is 46.0 Å². The van der Waals surface area contributed by atoms with Crippen LogP contribution in [-0.2, 0) is 0 Å². The molecule has 2 aromatic heterocycles. The molecule has 1 N–H and O–H groups in total. The van der Waals surface area contributed by atoms with Crippen molar-refractivity contribution in [2.45, 2.75) is 41.5 Å². The van der Waals surface area contributed by atoms with Crippen molar-refractivity contribution in [2.75, 3.05) is 6.54 Å². The summed E-state index contributed by atoms with van der Waals surface area (Å²) in [6, 6.07) is 6.21. The van der Waals surface area contributed by atoms with Gasteiger partial charge in [0, 0.05) is 6.54 Å². The summed E-state index contributed by atoms with van der Waals surface area (Å²) in [7, 11) is 0. The number of aryl methyl sites for hydroxylation is 3. The number of nitrogens with one attached hydrogen (secondary N) is 1. The first-order valence-electron chi connectivity index (χ1n) is 9.03. The summed E-state index contributed by atoms with van der Waals surface area (Å²) in [6.45, 7) is 12.8. The van der Waals surface area contributed by atoms with Crippen molar-refractivity contribution in [1.82, 2.24) is 25.3 Å². The van der Waals surface area contributed by atoms with Crippen LogP contribution < -0.4 is 5.32 Å². The van der Waals surface area contributed by atoms with Gasteiger partial charge in [-0.15, -0.1) is 16.4 Å². The molecule has 2 heterocycles. The lowest BCUT2D eigenvalue weighted by atomic mass is 10.1. The molecule has 0 atom stereocenters. The third kappa shape index (κ3) is 3.93. The Bertz CT molecular complexity index is 986. The first-order valence-corrected chi connectivity index (χ1v) is 9.85. The maximum Gasteiger partial charge on any atom is 0.263 e. The minimum atomic E-state index is -0.0795. The van der Waals surface area contributed by atoms with Crippen LogP contribution in [0.25, 0.3) is 16.4 Å². The van der Waals surface area contributed by atoms with Gasteiger partial charge in [-0.2, -0.15) is 0 Å². The van der Waals surface area contributed by atoms with Gasteiger partial charge in [0.1, 0.15) is 15.6 Å². The molecular weight excluding hydrogens is 358 g/mol. The lowest BCUT2D eigenvalue weighted by molar-refractivity contribution is 0.0952. The topological polar surface area (TPSA) is 72.7 Å². The van der Waals surface area contributed by atoms with Gasteiger partial charge in [-0.25, -0.2) is 9.67 Å². The van der Waals surface area contributed by atoms with Crippen LogP contribution in [0.5, 0.6) is 0 Å². The Labute approximate surface area is 163 Å². The van der Waals surface area contributed by atoms with Gasteiger partial charge in [0.2, 0.25) is 0 Å². The quantitative estimate of drug-likeness (QED) is 0.722. The molecule has 0 saturated heterocycles. The van der Waals surface area contributed by atoms with Crippen LogP contribution in [0, 0.1) is 33.6 Å². The monoisotopic (exact) mass is 383 g/mol. The molecule has 0 fully saturated rings. The van der Waals surface area contributed by atoms with E-state index >= 15 is 0 Å². The fraction of sp³-hybridized carbons (Fsp3) is 0.400. The van der Waals surface area contributed by atoms with Crippen LogP contribution >= 0.6 is 11.3 Å². The molecule has 3 rings (SSSR count). The molecule has 0 saturated carbocycles. The van der Waals surface area contributed by atoms with E-state index in [9.17, 15) is 4.79 Å². The van der Waals surface area contributed by atoms with Gasteiger partial charge < -0.3 is 5.32 Å². The van der Waals surface area contributed by atoms with Crippen LogP contribution in [-0.4, -0.2) is 32.4 Å². The van der Waals surface area contributed by atoms with Gasteiger partial charge in [-0.3, -0.25) is 4.79 Å². The van der Waals surface area contributed by atoms with Gasteiger partial charge >= 0.3 is 0 Å². The van der Waals surface area contributed by atoms with Crippen LogP contribution in [0.2, 0.25) is 0 Å². The maximum absolute atomic E-state index is 12.4. The number of hydrogen-bond donors (Lipinski definition) is 1. The number of aromatic nitrogens is 4. The maximum atomic E-state index is 12.4. The number of benzene rings is 1. The number of carbonyl (C=O) groups excluding carboxylic acids is 1. The van der Waals surface area contributed by atoms with E-state index in [-0.39, 0.29) is 5.91 Å². The second-order valence-electron chi connectivity index (χ2n) is 7.24. The Kier molecular flexibility index (Phi) is 5.41. The Morgan fingerprint density at radius 1 is 1.19 bits per heavy atom. The minimum absolute atomic E-state index is 0.0795. The molecule has 0 spiro atoms. The van der Waals surface area contributed by atoms with Crippen LogP contribution in [0.3, 0.4) is 0 Å². The zero-order valence-electron chi connectivity index (χ0n) is 16.6. The fourth-order valence-corrected chi connectivity index (χ4v) is 3.73. The Hall–Kier alpha value is -2.54. The van der Waals surface area contributed by atoms with Crippen molar-refractivity contribution in [3.63, 3.8) is 0 Å². The number of nitrogens with zero attached hydrogens (tertiary/aromatic N) is 4. The highest BCUT2D eigenvalue weighted by Crippen LogP contribution is 2.29. The van der Waals surface area contributed by atoms with Crippen molar-refractivity contribution in [1.29, 1.82) is 0 Å². The summed E-state index contributed by atoms with van der Waals surface area (Å²) in [5.74, 6) is 0.325. The molecule has 0 radical (unpaired) electrons. The standard InChI is InChI=1S/C20H25N5OS/c1-11(2)10-21-19(26)18-14(5)22-20(27-18)17-15(6)25(24-23-17)16-8-7-12(3)13(4)9-16/h7-9,11H,10H2,1-6H3,(H,21,26). The zero-order chi connectivity index (χ0) is 19.7.